The molecule has 2 aromatic rings. The van der Waals surface area contributed by atoms with Gasteiger partial charge in [0.2, 0.25) is 0 Å². The molecule has 8 aliphatic carbocycles. The van der Waals surface area contributed by atoms with Gasteiger partial charge in [0.05, 0.1) is 30.5 Å². The molecule has 0 spiro atoms. The summed E-state index contributed by atoms with van der Waals surface area (Å²) >= 11 is 0. The van der Waals surface area contributed by atoms with Crippen LogP contribution in [-0.4, -0.2) is 36.3 Å². The van der Waals surface area contributed by atoms with E-state index >= 15 is 0 Å². The first-order chi connectivity index (χ1) is 25.0. The molecule has 0 saturated heterocycles. The predicted octanol–water partition coefficient (Wildman–Crippen LogP) is 10.4. The lowest BCUT2D eigenvalue weighted by Gasteiger charge is -2.60. The van der Waals surface area contributed by atoms with Gasteiger partial charge in [-0.3, -0.25) is 4.79 Å². The van der Waals surface area contributed by atoms with Crippen molar-refractivity contribution in [3.8, 4) is 0 Å². The molecule has 7 heteroatoms. The van der Waals surface area contributed by atoms with E-state index in [1.807, 2.05) is 23.3 Å². The van der Waals surface area contributed by atoms with E-state index in [-0.39, 0.29) is 5.41 Å². The fourth-order valence-corrected chi connectivity index (χ4v) is 15.7. The number of aromatic nitrogens is 6. The van der Waals surface area contributed by atoms with Crippen molar-refractivity contribution < 1.29 is 4.79 Å². The molecule has 7 nitrogen and oxygen atoms in total. The van der Waals surface area contributed by atoms with Crippen molar-refractivity contribution in [1.82, 2.24) is 30.0 Å². The Bertz CT molecular complexity index is 1700. The third-order valence-corrected chi connectivity index (χ3v) is 18.5. The zero-order valence-electron chi connectivity index (χ0n) is 33.1. The highest BCUT2D eigenvalue weighted by atomic mass is 16.1. The molecule has 2 aromatic heterocycles. The van der Waals surface area contributed by atoms with E-state index in [1.165, 1.54) is 102 Å². The van der Waals surface area contributed by atoms with E-state index < -0.39 is 0 Å². The number of carbonyl (C=O) groups is 1. The van der Waals surface area contributed by atoms with E-state index in [4.69, 9.17) is 0 Å². The second kappa shape index (κ2) is 12.8. The second-order valence-corrected chi connectivity index (χ2v) is 20.7. The minimum absolute atomic E-state index is 0.0657. The molecule has 0 amide bonds. The van der Waals surface area contributed by atoms with E-state index in [1.54, 1.807) is 6.20 Å². The molecule has 8 aliphatic rings. The number of aldehydes is 1. The first kappa shape index (κ1) is 35.2. The van der Waals surface area contributed by atoms with Gasteiger partial charge in [0.1, 0.15) is 6.29 Å². The number of carbonyl (C=O) groups excluding carboxylic acids is 1. The Kier molecular flexibility index (Phi) is 8.62. The fraction of sp³-hybridized carbons (Fsp3) is 0.800. The highest BCUT2D eigenvalue weighted by Crippen LogP contribution is 2.69. The Morgan fingerprint density at radius 1 is 0.654 bits per heavy atom. The normalized spacial score (nSPS) is 47.8. The van der Waals surface area contributed by atoms with Gasteiger partial charge >= 0.3 is 0 Å². The van der Waals surface area contributed by atoms with Gasteiger partial charge in [-0.05, 0) is 160 Å². The summed E-state index contributed by atoms with van der Waals surface area (Å²) in [5.41, 5.74) is 5.05. The van der Waals surface area contributed by atoms with Gasteiger partial charge in [0, 0.05) is 22.1 Å². The molecular weight excluding hydrogens is 641 g/mol. The maximum Gasteiger partial charge on any atom is 0.147 e. The Morgan fingerprint density at radius 2 is 1.21 bits per heavy atom. The number of allylic oxidation sites excluding steroid dienone is 4. The third-order valence-electron chi connectivity index (χ3n) is 18.5. The molecule has 6 saturated carbocycles. The molecule has 6 fully saturated rings. The summed E-state index contributed by atoms with van der Waals surface area (Å²) in [6, 6.07) is 0. The average Bonchev–Trinajstić information content (AvgIpc) is 3.95. The Labute approximate surface area is 313 Å². The SMILES string of the molecule is C[C@H]1CC[C@@]2(C)[C@@H](CC[C@@H]3[C@@H]2CC[C@]2(C)C(n4ccnn4)=C(C=O)C[C@@H]32)C1.C[C@H]1CC[C@@]2(C)[C@@H](CC[C@@H]3[C@@H]2CC[C@]2(C)C(n4ccnn4)=CC[C@@H]32)C1. The largest absolute Gasteiger partial charge is 0.298 e. The number of hydrogen-bond acceptors (Lipinski definition) is 5. The molecule has 52 heavy (non-hydrogen) atoms. The van der Waals surface area contributed by atoms with Crippen LogP contribution in [0.4, 0.5) is 0 Å². The maximum absolute atomic E-state index is 12.0. The van der Waals surface area contributed by atoms with Crippen molar-refractivity contribution in [2.24, 2.45) is 80.8 Å². The molecule has 0 radical (unpaired) electrons. The van der Waals surface area contributed by atoms with E-state index in [2.05, 4.69) is 72.9 Å². The van der Waals surface area contributed by atoms with E-state index in [0.717, 1.165) is 77.2 Å². The number of hydrogen-bond donors (Lipinski definition) is 0. The van der Waals surface area contributed by atoms with Crippen LogP contribution in [0.2, 0.25) is 0 Å². The molecule has 0 aliphatic heterocycles. The van der Waals surface area contributed by atoms with Crippen LogP contribution in [0, 0.1) is 80.8 Å². The highest BCUT2D eigenvalue weighted by Gasteiger charge is 2.61. The van der Waals surface area contributed by atoms with Crippen LogP contribution >= 0.6 is 0 Å². The maximum atomic E-state index is 12.0. The topological polar surface area (TPSA) is 78.5 Å². The minimum atomic E-state index is 0.0657. The van der Waals surface area contributed by atoms with Crippen LogP contribution in [-0.2, 0) is 4.79 Å². The standard InChI is InChI=1S/C23H33N3O.C22H33N3/c1-15-6-8-22(2)17(12-15)4-5-18-19(22)7-9-23(3)20(18)13-16(14-27)21(23)26-11-10-24-25-26;1-15-8-10-21(2)16(14-15)4-5-17-18-6-7-20(25-13-12-23-24-25)22(18,3)11-9-19(17)21/h10-11,14-15,17-20H,4-9,12-13H2,1-3H3;7,12-13,15-19H,4-6,8-11,14H2,1-3H3/t15-,17-,18+,19-,20-,22-,23-;15-,16-,17-,18-,19-,21-,22-/m00/s1. The first-order valence-corrected chi connectivity index (χ1v) is 21.6. The molecule has 0 aromatic carbocycles. The molecule has 14 atom stereocenters. The van der Waals surface area contributed by atoms with Gasteiger partial charge in [0.25, 0.3) is 0 Å². The molecule has 0 bridgehead atoms. The molecule has 282 valence electrons. The second-order valence-electron chi connectivity index (χ2n) is 20.7. The van der Waals surface area contributed by atoms with Crippen molar-refractivity contribution in [3.63, 3.8) is 0 Å². The lowest BCUT2D eigenvalue weighted by atomic mass is 9.44. The van der Waals surface area contributed by atoms with Crippen LogP contribution in [0.5, 0.6) is 0 Å². The van der Waals surface area contributed by atoms with Crippen LogP contribution in [0.15, 0.2) is 36.4 Å². The Hall–Kier alpha value is -2.57. The highest BCUT2D eigenvalue weighted by molar-refractivity contribution is 5.86. The number of fused-ring (bicyclic) bond motifs is 10. The summed E-state index contributed by atoms with van der Waals surface area (Å²) < 4.78 is 3.94. The minimum Gasteiger partial charge on any atom is -0.298 e. The summed E-state index contributed by atoms with van der Waals surface area (Å²) in [6.45, 7) is 15.1. The smallest absolute Gasteiger partial charge is 0.147 e. The van der Waals surface area contributed by atoms with Crippen molar-refractivity contribution >= 4 is 17.7 Å². The summed E-state index contributed by atoms with van der Waals surface area (Å²) in [5.74, 6) is 8.66. The monoisotopic (exact) mass is 707 g/mol. The number of rotatable bonds is 3. The van der Waals surface area contributed by atoms with Crippen LogP contribution < -0.4 is 0 Å². The van der Waals surface area contributed by atoms with Crippen LogP contribution in [0.25, 0.3) is 11.4 Å². The van der Waals surface area contributed by atoms with Gasteiger partial charge in [-0.15, -0.1) is 10.2 Å². The quantitative estimate of drug-likeness (QED) is 0.297. The predicted molar refractivity (Wildman–Crippen MR) is 206 cm³/mol. The van der Waals surface area contributed by atoms with Gasteiger partial charge in [-0.1, -0.05) is 70.9 Å². The summed E-state index contributed by atoms with van der Waals surface area (Å²) in [5, 5.41) is 16.7. The molecule has 0 N–H and O–H groups in total. The van der Waals surface area contributed by atoms with Crippen molar-refractivity contribution in [2.75, 3.05) is 0 Å². The lowest BCUT2D eigenvalue weighted by Crippen LogP contribution is -2.53. The van der Waals surface area contributed by atoms with Crippen molar-refractivity contribution in [2.45, 2.75) is 144 Å². The molecule has 0 unspecified atom stereocenters. The zero-order chi connectivity index (χ0) is 36.0. The first-order valence-electron chi connectivity index (χ1n) is 21.6. The average molecular weight is 707 g/mol. The van der Waals surface area contributed by atoms with Crippen molar-refractivity contribution in [1.29, 1.82) is 0 Å². The third kappa shape index (κ3) is 5.18. The van der Waals surface area contributed by atoms with Crippen molar-refractivity contribution in [3.05, 3.63) is 36.4 Å². The van der Waals surface area contributed by atoms with Crippen LogP contribution in [0.1, 0.15) is 144 Å². The number of nitrogens with zero attached hydrogens (tertiary/aromatic N) is 6. The molecular formula is C45H66N6O. The summed E-state index contributed by atoms with van der Waals surface area (Å²) in [4.78, 5) is 12.0. The summed E-state index contributed by atoms with van der Waals surface area (Å²) in [6.07, 6.45) is 32.9. The van der Waals surface area contributed by atoms with Crippen LogP contribution in [0.3, 0.4) is 0 Å². The van der Waals surface area contributed by atoms with Gasteiger partial charge < -0.3 is 0 Å². The van der Waals surface area contributed by atoms with Gasteiger partial charge in [0.15, 0.2) is 0 Å². The van der Waals surface area contributed by atoms with Gasteiger partial charge in [-0.25, -0.2) is 9.36 Å². The fourth-order valence-electron chi connectivity index (χ4n) is 15.7. The lowest BCUT2D eigenvalue weighted by molar-refractivity contribution is -0.107. The summed E-state index contributed by atoms with van der Waals surface area (Å²) in [7, 11) is 0. The Morgan fingerprint density at radius 3 is 1.77 bits per heavy atom. The Balaban J connectivity index is 0.000000139. The van der Waals surface area contributed by atoms with E-state index in [9.17, 15) is 4.79 Å². The van der Waals surface area contributed by atoms with E-state index in [0.29, 0.717) is 22.2 Å². The van der Waals surface area contributed by atoms with Gasteiger partial charge in [-0.2, -0.15) is 0 Å². The zero-order valence-corrected chi connectivity index (χ0v) is 33.1. The molecule has 2 heterocycles. The molecule has 10 rings (SSSR count).